The maximum Gasteiger partial charge on any atom is 0.222 e. The summed E-state index contributed by atoms with van der Waals surface area (Å²) in [5.41, 5.74) is 6.79. The summed E-state index contributed by atoms with van der Waals surface area (Å²) in [7, 11) is 0. The van der Waals surface area contributed by atoms with E-state index in [2.05, 4.69) is 0 Å². The molecule has 1 atom stereocenters. The lowest BCUT2D eigenvalue weighted by molar-refractivity contribution is -0.133. The Balaban J connectivity index is 1.82. The molecule has 0 aliphatic carbocycles. The summed E-state index contributed by atoms with van der Waals surface area (Å²) in [6.07, 6.45) is 3.04. The highest BCUT2D eigenvalue weighted by Crippen LogP contribution is 2.16. The molecule has 0 saturated carbocycles. The monoisotopic (exact) mass is 278 g/mol. The molecule has 1 aromatic carbocycles. The van der Waals surface area contributed by atoms with Crippen molar-refractivity contribution in [2.45, 2.75) is 38.6 Å². The Morgan fingerprint density at radius 1 is 1.45 bits per heavy atom. The van der Waals surface area contributed by atoms with Crippen molar-refractivity contribution >= 4 is 5.91 Å². The van der Waals surface area contributed by atoms with Gasteiger partial charge in [-0.3, -0.25) is 4.79 Å². The van der Waals surface area contributed by atoms with E-state index in [0.717, 1.165) is 37.9 Å². The van der Waals surface area contributed by atoms with E-state index in [1.54, 1.807) is 12.1 Å². The van der Waals surface area contributed by atoms with Gasteiger partial charge in [0.25, 0.3) is 0 Å². The second kappa shape index (κ2) is 6.84. The van der Waals surface area contributed by atoms with Gasteiger partial charge in [0.1, 0.15) is 5.82 Å². The number of benzene rings is 1. The maximum atomic E-state index is 13.1. The zero-order chi connectivity index (χ0) is 14.5. The molecule has 0 bridgehead atoms. The molecule has 1 saturated heterocycles. The van der Waals surface area contributed by atoms with Gasteiger partial charge in [-0.25, -0.2) is 4.39 Å². The van der Waals surface area contributed by atoms with Gasteiger partial charge in [-0.05, 0) is 42.9 Å². The number of carbonyl (C=O) groups excluding carboxylic acids is 1. The molecule has 4 heteroatoms. The summed E-state index contributed by atoms with van der Waals surface area (Å²) in [6, 6.07) is 6.84. The molecule has 1 aliphatic heterocycles. The first-order valence-corrected chi connectivity index (χ1v) is 7.32. The SMILES string of the molecule is CC(CC(=O)N1CCC(N)CC1)Cc1cccc(F)c1. The van der Waals surface area contributed by atoms with Crippen molar-refractivity contribution in [1.82, 2.24) is 4.90 Å². The van der Waals surface area contributed by atoms with Crippen LogP contribution >= 0.6 is 0 Å². The van der Waals surface area contributed by atoms with Gasteiger partial charge in [-0.2, -0.15) is 0 Å². The number of rotatable bonds is 4. The Hall–Kier alpha value is -1.42. The molecule has 0 aromatic heterocycles. The van der Waals surface area contributed by atoms with Crippen molar-refractivity contribution in [2.75, 3.05) is 13.1 Å². The smallest absolute Gasteiger partial charge is 0.222 e. The fourth-order valence-electron chi connectivity index (χ4n) is 2.71. The minimum atomic E-state index is -0.217. The fourth-order valence-corrected chi connectivity index (χ4v) is 2.71. The van der Waals surface area contributed by atoms with Crippen LogP contribution in [0, 0.1) is 11.7 Å². The predicted octanol–water partition coefficient (Wildman–Crippen LogP) is 2.34. The molecule has 1 aliphatic rings. The molecule has 1 fully saturated rings. The number of halogens is 1. The van der Waals surface area contributed by atoms with E-state index in [0.29, 0.717) is 6.42 Å². The van der Waals surface area contributed by atoms with Crippen LogP contribution in [0.2, 0.25) is 0 Å². The van der Waals surface area contributed by atoms with Gasteiger partial charge in [0.05, 0.1) is 0 Å². The molecule has 2 rings (SSSR count). The Labute approximate surface area is 120 Å². The first-order chi connectivity index (χ1) is 9.54. The second-order valence-electron chi connectivity index (χ2n) is 5.86. The van der Waals surface area contributed by atoms with E-state index in [-0.39, 0.29) is 23.7 Å². The number of carbonyl (C=O) groups is 1. The zero-order valence-corrected chi connectivity index (χ0v) is 12.0. The highest BCUT2D eigenvalue weighted by Gasteiger charge is 2.21. The molecule has 1 amide bonds. The number of hydrogen-bond acceptors (Lipinski definition) is 2. The van der Waals surface area contributed by atoms with Crippen molar-refractivity contribution in [2.24, 2.45) is 11.7 Å². The number of hydrogen-bond donors (Lipinski definition) is 1. The maximum absolute atomic E-state index is 13.1. The number of piperidine rings is 1. The van der Waals surface area contributed by atoms with Crippen molar-refractivity contribution in [1.29, 1.82) is 0 Å². The van der Waals surface area contributed by atoms with Crippen LogP contribution in [0.3, 0.4) is 0 Å². The van der Waals surface area contributed by atoms with Gasteiger partial charge >= 0.3 is 0 Å². The first kappa shape index (κ1) is 15.0. The average molecular weight is 278 g/mol. The Morgan fingerprint density at radius 2 is 2.15 bits per heavy atom. The topological polar surface area (TPSA) is 46.3 Å². The molecular formula is C16H23FN2O. The van der Waals surface area contributed by atoms with Crippen LogP contribution in [0.4, 0.5) is 4.39 Å². The van der Waals surface area contributed by atoms with Crippen LogP contribution in [0.1, 0.15) is 31.7 Å². The molecular weight excluding hydrogens is 255 g/mol. The summed E-state index contributed by atoms with van der Waals surface area (Å²) < 4.78 is 13.1. The Bertz CT molecular complexity index is 456. The average Bonchev–Trinajstić information content (AvgIpc) is 2.39. The van der Waals surface area contributed by atoms with Crippen molar-refractivity contribution in [3.8, 4) is 0 Å². The summed E-state index contributed by atoms with van der Waals surface area (Å²) in [6.45, 7) is 3.58. The predicted molar refractivity (Wildman–Crippen MR) is 77.7 cm³/mol. The zero-order valence-electron chi connectivity index (χ0n) is 12.0. The van der Waals surface area contributed by atoms with E-state index in [1.165, 1.54) is 6.07 Å². The quantitative estimate of drug-likeness (QED) is 0.919. The summed E-state index contributed by atoms with van der Waals surface area (Å²) in [5.74, 6) is 0.201. The summed E-state index contributed by atoms with van der Waals surface area (Å²) >= 11 is 0. The normalized spacial score (nSPS) is 18.1. The van der Waals surface area contributed by atoms with Crippen LogP contribution in [0.5, 0.6) is 0 Å². The highest BCUT2D eigenvalue weighted by molar-refractivity contribution is 5.76. The lowest BCUT2D eigenvalue weighted by Gasteiger charge is -2.31. The second-order valence-corrected chi connectivity index (χ2v) is 5.86. The Kier molecular flexibility index (Phi) is 5.12. The van der Waals surface area contributed by atoms with E-state index >= 15 is 0 Å². The number of likely N-dealkylation sites (tertiary alicyclic amines) is 1. The highest BCUT2D eigenvalue weighted by atomic mass is 19.1. The molecule has 0 spiro atoms. The molecule has 1 heterocycles. The van der Waals surface area contributed by atoms with Crippen molar-refractivity contribution < 1.29 is 9.18 Å². The van der Waals surface area contributed by atoms with E-state index in [1.807, 2.05) is 17.9 Å². The fraction of sp³-hybridized carbons (Fsp3) is 0.562. The van der Waals surface area contributed by atoms with E-state index in [4.69, 9.17) is 5.73 Å². The van der Waals surface area contributed by atoms with E-state index in [9.17, 15) is 9.18 Å². The lowest BCUT2D eigenvalue weighted by atomic mass is 9.96. The molecule has 0 radical (unpaired) electrons. The third-order valence-corrected chi connectivity index (χ3v) is 3.89. The molecule has 20 heavy (non-hydrogen) atoms. The van der Waals surface area contributed by atoms with Gasteiger partial charge in [0, 0.05) is 25.6 Å². The van der Waals surface area contributed by atoms with E-state index < -0.39 is 0 Å². The third-order valence-electron chi connectivity index (χ3n) is 3.89. The van der Waals surface area contributed by atoms with Crippen LogP contribution in [0.25, 0.3) is 0 Å². The molecule has 1 aromatic rings. The van der Waals surface area contributed by atoms with Crippen LogP contribution in [-0.4, -0.2) is 29.9 Å². The summed E-state index contributed by atoms with van der Waals surface area (Å²) in [5, 5.41) is 0. The minimum Gasteiger partial charge on any atom is -0.343 e. The Morgan fingerprint density at radius 3 is 2.80 bits per heavy atom. The molecule has 2 N–H and O–H groups in total. The number of nitrogens with two attached hydrogens (primary N) is 1. The molecule has 110 valence electrons. The third kappa shape index (κ3) is 4.30. The summed E-state index contributed by atoms with van der Waals surface area (Å²) in [4.78, 5) is 14.1. The largest absolute Gasteiger partial charge is 0.343 e. The lowest BCUT2D eigenvalue weighted by Crippen LogP contribution is -2.43. The standard InChI is InChI=1S/C16H23FN2O/c1-12(9-13-3-2-4-14(17)11-13)10-16(20)19-7-5-15(18)6-8-19/h2-4,11-12,15H,5-10,18H2,1H3. The minimum absolute atomic E-state index is 0.195. The van der Waals surface area contributed by atoms with Crippen LogP contribution in [0.15, 0.2) is 24.3 Å². The number of nitrogens with zero attached hydrogens (tertiary/aromatic N) is 1. The van der Waals surface area contributed by atoms with Crippen LogP contribution in [-0.2, 0) is 11.2 Å². The molecule has 3 nitrogen and oxygen atoms in total. The molecule has 1 unspecified atom stereocenters. The van der Waals surface area contributed by atoms with Crippen LogP contribution < -0.4 is 5.73 Å². The van der Waals surface area contributed by atoms with Crippen molar-refractivity contribution in [3.05, 3.63) is 35.6 Å². The van der Waals surface area contributed by atoms with Gasteiger partial charge < -0.3 is 10.6 Å². The van der Waals surface area contributed by atoms with Gasteiger partial charge in [0.2, 0.25) is 5.91 Å². The van der Waals surface area contributed by atoms with Gasteiger partial charge in [0.15, 0.2) is 0 Å². The van der Waals surface area contributed by atoms with Crippen molar-refractivity contribution in [3.63, 3.8) is 0 Å². The number of amides is 1. The first-order valence-electron chi connectivity index (χ1n) is 7.32. The van der Waals surface area contributed by atoms with Gasteiger partial charge in [-0.1, -0.05) is 19.1 Å². The van der Waals surface area contributed by atoms with Gasteiger partial charge in [-0.15, -0.1) is 0 Å².